The predicted octanol–water partition coefficient (Wildman–Crippen LogP) is 5.19. The summed E-state index contributed by atoms with van der Waals surface area (Å²) in [5, 5.41) is 6.29. The minimum absolute atomic E-state index is 0.238. The molecule has 162 valence electrons. The Morgan fingerprint density at radius 1 is 0.906 bits per heavy atom. The quantitative estimate of drug-likeness (QED) is 0.400. The van der Waals surface area contributed by atoms with Crippen molar-refractivity contribution in [3.05, 3.63) is 89.5 Å². The summed E-state index contributed by atoms with van der Waals surface area (Å²) in [7, 11) is 0. The molecule has 0 fully saturated rings. The van der Waals surface area contributed by atoms with E-state index in [0.717, 1.165) is 22.6 Å². The lowest BCUT2D eigenvalue weighted by molar-refractivity contribution is -0.110. The average Bonchev–Trinajstić information content (AvgIpc) is 3.14. The maximum atomic E-state index is 13.0. The van der Waals surface area contributed by atoms with Crippen molar-refractivity contribution in [2.75, 3.05) is 23.8 Å². The summed E-state index contributed by atoms with van der Waals surface area (Å²) >= 11 is 0. The van der Waals surface area contributed by atoms with Crippen LogP contribution in [-0.2, 0) is 9.53 Å². The van der Waals surface area contributed by atoms with E-state index in [1.54, 1.807) is 25.1 Å². The van der Waals surface area contributed by atoms with Crippen molar-refractivity contribution in [3.8, 4) is 5.75 Å². The lowest BCUT2D eigenvalue weighted by Crippen LogP contribution is -2.10. The van der Waals surface area contributed by atoms with Gasteiger partial charge in [-0.05, 0) is 55.8 Å². The fourth-order valence-electron chi connectivity index (χ4n) is 3.59. The number of fused-ring (bicyclic) bond motifs is 1. The third-order valence-corrected chi connectivity index (χ3v) is 5.02. The molecular formula is C26H24N2O4. The van der Waals surface area contributed by atoms with Gasteiger partial charge in [-0.3, -0.25) is 4.79 Å². The van der Waals surface area contributed by atoms with Crippen molar-refractivity contribution >= 4 is 34.5 Å². The maximum absolute atomic E-state index is 13.0. The van der Waals surface area contributed by atoms with Crippen LogP contribution in [0.4, 0.5) is 11.4 Å². The number of anilines is 2. The molecule has 0 saturated heterocycles. The van der Waals surface area contributed by atoms with E-state index < -0.39 is 5.97 Å². The van der Waals surface area contributed by atoms with Crippen LogP contribution in [0.25, 0.3) is 11.3 Å². The van der Waals surface area contributed by atoms with Gasteiger partial charge in [0.05, 0.1) is 35.7 Å². The minimum atomic E-state index is -0.419. The van der Waals surface area contributed by atoms with Gasteiger partial charge in [0.25, 0.3) is 5.91 Å². The minimum Gasteiger partial charge on any atom is -0.494 e. The second-order valence-corrected chi connectivity index (χ2v) is 7.13. The number of hydrogen-bond acceptors (Lipinski definition) is 5. The molecule has 1 heterocycles. The monoisotopic (exact) mass is 428 g/mol. The number of benzene rings is 3. The van der Waals surface area contributed by atoms with Gasteiger partial charge in [0, 0.05) is 11.3 Å². The lowest BCUT2D eigenvalue weighted by Gasteiger charge is -2.15. The highest BCUT2D eigenvalue weighted by Gasteiger charge is 2.29. The highest BCUT2D eigenvalue weighted by Crippen LogP contribution is 2.38. The molecule has 0 saturated carbocycles. The molecule has 0 aromatic heterocycles. The van der Waals surface area contributed by atoms with E-state index in [0.29, 0.717) is 29.1 Å². The van der Waals surface area contributed by atoms with Gasteiger partial charge in [0.15, 0.2) is 0 Å². The molecule has 3 aromatic rings. The zero-order valence-electron chi connectivity index (χ0n) is 18.0. The molecular weight excluding hydrogens is 404 g/mol. The van der Waals surface area contributed by atoms with Crippen molar-refractivity contribution in [3.63, 3.8) is 0 Å². The Morgan fingerprint density at radius 2 is 1.66 bits per heavy atom. The molecule has 1 amide bonds. The van der Waals surface area contributed by atoms with Crippen LogP contribution in [0.3, 0.4) is 0 Å². The number of nitrogens with one attached hydrogen (secondary N) is 2. The molecule has 0 spiro atoms. The van der Waals surface area contributed by atoms with Gasteiger partial charge in [0.2, 0.25) is 0 Å². The maximum Gasteiger partial charge on any atom is 0.338 e. The number of amides is 1. The second-order valence-electron chi connectivity index (χ2n) is 7.13. The van der Waals surface area contributed by atoms with Gasteiger partial charge in [-0.25, -0.2) is 4.79 Å². The standard InChI is InChI=1S/C26H24N2O4/c1-3-31-20-13-11-19(12-14-20)27-24(17-8-6-5-7-9-17)23-21-15-10-18(26(30)32-4-2)16-22(21)28-25(23)29/h5-16,27H,3-4H2,1-2H3,(H,28,29)/b24-23+. The molecule has 0 unspecified atom stereocenters. The second kappa shape index (κ2) is 9.39. The zero-order valence-corrected chi connectivity index (χ0v) is 18.0. The van der Waals surface area contributed by atoms with E-state index in [2.05, 4.69) is 10.6 Å². The molecule has 0 atom stereocenters. The fraction of sp³-hybridized carbons (Fsp3) is 0.154. The van der Waals surface area contributed by atoms with Crippen LogP contribution < -0.4 is 15.4 Å². The summed E-state index contributed by atoms with van der Waals surface area (Å²) in [6, 6.07) is 22.4. The van der Waals surface area contributed by atoms with Crippen LogP contribution in [0.2, 0.25) is 0 Å². The topological polar surface area (TPSA) is 76.7 Å². The SMILES string of the molecule is CCOC(=O)c1ccc2c(c1)NC(=O)/C2=C(/Nc1ccc(OCC)cc1)c1ccccc1. The first-order chi connectivity index (χ1) is 15.6. The first-order valence-corrected chi connectivity index (χ1v) is 10.5. The van der Waals surface area contributed by atoms with Crippen LogP contribution in [-0.4, -0.2) is 25.1 Å². The number of esters is 1. The zero-order chi connectivity index (χ0) is 22.5. The van der Waals surface area contributed by atoms with Gasteiger partial charge >= 0.3 is 5.97 Å². The molecule has 1 aliphatic rings. The molecule has 0 radical (unpaired) electrons. The van der Waals surface area contributed by atoms with Crippen molar-refractivity contribution in [1.82, 2.24) is 0 Å². The fourth-order valence-corrected chi connectivity index (χ4v) is 3.59. The van der Waals surface area contributed by atoms with Gasteiger partial charge in [-0.1, -0.05) is 36.4 Å². The summed E-state index contributed by atoms with van der Waals surface area (Å²) in [6.07, 6.45) is 0. The van der Waals surface area contributed by atoms with Crippen LogP contribution in [0.1, 0.15) is 35.3 Å². The van der Waals surface area contributed by atoms with Crippen molar-refractivity contribution in [2.24, 2.45) is 0 Å². The van der Waals surface area contributed by atoms with Gasteiger partial charge < -0.3 is 20.1 Å². The third kappa shape index (κ3) is 4.34. The van der Waals surface area contributed by atoms with Crippen molar-refractivity contribution < 1.29 is 19.1 Å². The summed E-state index contributed by atoms with van der Waals surface area (Å²) in [5.74, 6) is 0.124. The third-order valence-electron chi connectivity index (χ3n) is 5.02. The summed E-state index contributed by atoms with van der Waals surface area (Å²) < 4.78 is 10.6. The molecule has 6 nitrogen and oxygen atoms in total. The Balaban J connectivity index is 1.78. The molecule has 32 heavy (non-hydrogen) atoms. The molecule has 4 rings (SSSR count). The molecule has 3 aromatic carbocycles. The summed E-state index contributed by atoms with van der Waals surface area (Å²) in [5.41, 5.74) is 4.58. The smallest absolute Gasteiger partial charge is 0.338 e. The van der Waals surface area contributed by atoms with E-state index in [9.17, 15) is 9.59 Å². The normalized spacial score (nSPS) is 13.8. The highest BCUT2D eigenvalue weighted by atomic mass is 16.5. The Labute approximate surface area is 186 Å². The largest absolute Gasteiger partial charge is 0.494 e. The number of ether oxygens (including phenoxy) is 2. The van der Waals surface area contributed by atoms with E-state index in [1.165, 1.54) is 0 Å². The van der Waals surface area contributed by atoms with Crippen molar-refractivity contribution in [2.45, 2.75) is 13.8 Å². The van der Waals surface area contributed by atoms with Crippen LogP contribution in [0.15, 0.2) is 72.8 Å². The highest BCUT2D eigenvalue weighted by molar-refractivity contribution is 6.37. The predicted molar refractivity (Wildman–Crippen MR) is 126 cm³/mol. The van der Waals surface area contributed by atoms with Crippen LogP contribution >= 0.6 is 0 Å². The Bertz CT molecular complexity index is 1170. The average molecular weight is 428 g/mol. The van der Waals surface area contributed by atoms with Crippen LogP contribution in [0.5, 0.6) is 5.75 Å². The van der Waals surface area contributed by atoms with Crippen LogP contribution in [0, 0.1) is 0 Å². The Morgan fingerprint density at radius 3 is 2.34 bits per heavy atom. The molecule has 0 bridgehead atoms. The van der Waals surface area contributed by atoms with Crippen molar-refractivity contribution in [1.29, 1.82) is 0 Å². The lowest BCUT2D eigenvalue weighted by atomic mass is 9.99. The molecule has 0 aliphatic carbocycles. The van der Waals surface area contributed by atoms with E-state index in [4.69, 9.17) is 9.47 Å². The molecule has 6 heteroatoms. The first-order valence-electron chi connectivity index (χ1n) is 10.5. The van der Waals surface area contributed by atoms with Gasteiger partial charge in [-0.2, -0.15) is 0 Å². The summed E-state index contributed by atoms with van der Waals surface area (Å²) in [6.45, 7) is 4.58. The number of carbonyl (C=O) groups is 2. The number of carbonyl (C=O) groups excluding carboxylic acids is 2. The Hall–Kier alpha value is -4.06. The number of rotatable bonds is 7. The first kappa shape index (κ1) is 21.2. The number of hydrogen-bond donors (Lipinski definition) is 2. The summed E-state index contributed by atoms with van der Waals surface area (Å²) in [4.78, 5) is 25.1. The molecule has 1 aliphatic heterocycles. The van der Waals surface area contributed by atoms with Gasteiger partial charge in [-0.15, -0.1) is 0 Å². The molecule has 2 N–H and O–H groups in total. The van der Waals surface area contributed by atoms with E-state index in [1.807, 2.05) is 61.5 Å². The van der Waals surface area contributed by atoms with E-state index in [-0.39, 0.29) is 12.5 Å². The Kier molecular flexibility index (Phi) is 6.22. The van der Waals surface area contributed by atoms with Gasteiger partial charge in [0.1, 0.15) is 5.75 Å². The van der Waals surface area contributed by atoms with E-state index >= 15 is 0 Å².